The van der Waals surface area contributed by atoms with Crippen molar-refractivity contribution in [2.45, 2.75) is 26.8 Å². The molecule has 2 aromatic heterocycles. The third-order valence-electron chi connectivity index (χ3n) is 3.72. The number of nitrogens with one attached hydrogen (secondary N) is 1. The molecule has 0 aliphatic heterocycles. The average Bonchev–Trinajstić information content (AvgIpc) is 3.25. The normalized spacial score (nSPS) is 10.9. The Morgan fingerprint density at radius 2 is 1.93 bits per heavy atom. The van der Waals surface area contributed by atoms with E-state index in [0.29, 0.717) is 23.4 Å². The fraction of sp³-hybridized carbons (Fsp3) is 0.263. The van der Waals surface area contributed by atoms with Crippen LogP contribution in [-0.4, -0.2) is 21.5 Å². The van der Waals surface area contributed by atoms with Gasteiger partial charge in [0.2, 0.25) is 5.91 Å². The second-order valence-corrected chi connectivity index (χ2v) is 6.45. The van der Waals surface area contributed by atoms with Gasteiger partial charge in [0.15, 0.2) is 11.5 Å². The summed E-state index contributed by atoms with van der Waals surface area (Å²) in [7, 11) is 0. The molecule has 0 unspecified atom stereocenters. The predicted molar refractivity (Wildman–Crippen MR) is 97.3 cm³/mol. The Bertz CT molecular complexity index is 981. The first kappa shape index (κ1) is 18.4. The Morgan fingerprint density at radius 3 is 2.56 bits per heavy atom. The van der Waals surface area contributed by atoms with Crippen molar-refractivity contribution < 1.29 is 18.4 Å². The van der Waals surface area contributed by atoms with Crippen LogP contribution in [0.15, 0.2) is 56.3 Å². The van der Waals surface area contributed by atoms with Crippen molar-refractivity contribution in [3.8, 4) is 11.7 Å². The highest BCUT2D eigenvalue weighted by Gasteiger charge is 2.16. The van der Waals surface area contributed by atoms with E-state index in [4.69, 9.17) is 8.83 Å². The zero-order chi connectivity index (χ0) is 19.4. The smallest absolute Gasteiger partial charge is 0.437 e. The molecule has 8 nitrogen and oxygen atoms in total. The number of nitrogens with zero attached hydrogens (tertiary/aromatic N) is 2. The van der Waals surface area contributed by atoms with Gasteiger partial charge in [-0.25, -0.2) is 4.79 Å². The van der Waals surface area contributed by atoms with Crippen molar-refractivity contribution in [3.05, 3.63) is 58.8 Å². The van der Waals surface area contributed by atoms with Crippen LogP contribution in [0.25, 0.3) is 11.7 Å². The Hall–Kier alpha value is -3.42. The molecule has 3 aromatic rings. The summed E-state index contributed by atoms with van der Waals surface area (Å²) in [5.41, 5.74) is 1.00. The van der Waals surface area contributed by atoms with Crippen molar-refractivity contribution in [1.82, 2.24) is 9.78 Å². The lowest BCUT2D eigenvalue weighted by Gasteiger charge is -2.07. The highest BCUT2D eigenvalue weighted by Crippen LogP contribution is 2.16. The lowest BCUT2D eigenvalue weighted by atomic mass is 10.1. The first-order valence-electron chi connectivity index (χ1n) is 8.47. The van der Waals surface area contributed by atoms with E-state index >= 15 is 0 Å². The van der Waals surface area contributed by atoms with Crippen molar-refractivity contribution in [1.29, 1.82) is 0 Å². The second kappa shape index (κ2) is 7.86. The van der Waals surface area contributed by atoms with Crippen LogP contribution in [0.4, 0.5) is 5.69 Å². The molecule has 0 radical (unpaired) electrons. The number of Topliss-reactive ketones (excluding diaryl/α,β-unsaturated/α-hetero) is 1. The summed E-state index contributed by atoms with van der Waals surface area (Å²) in [4.78, 5) is 36.0. The minimum atomic E-state index is -0.743. The number of hydrogen-bond acceptors (Lipinski definition) is 6. The highest BCUT2D eigenvalue weighted by molar-refractivity contribution is 5.97. The number of carbonyl (C=O) groups is 2. The number of carbonyl (C=O) groups excluding carboxylic acids is 2. The first-order valence-corrected chi connectivity index (χ1v) is 8.47. The molecule has 0 aliphatic carbocycles. The van der Waals surface area contributed by atoms with Crippen molar-refractivity contribution >= 4 is 17.4 Å². The van der Waals surface area contributed by atoms with Crippen LogP contribution < -0.4 is 11.1 Å². The Labute approximate surface area is 154 Å². The predicted octanol–water partition coefficient (Wildman–Crippen LogP) is 2.96. The molecule has 0 saturated carbocycles. The molecule has 0 aliphatic rings. The maximum absolute atomic E-state index is 12.4. The maximum atomic E-state index is 12.4. The van der Waals surface area contributed by atoms with E-state index in [1.165, 1.54) is 6.26 Å². The van der Waals surface area contributed by atoms with Crippen LogP contribution in [0.2, 0.25) is 0 Å². The Balaban J connectivity index is 1.66. The third-order valence-corrected chi connectivity index (χ3v) is 3.72. The van der Waals surface area contributed by atoms with Crippen LogP contribution in [0.3, 0.4) is 0 Å². The van der Waals surface area contributed by atoms with E-state index in [1.54, 1.807) is 36.4 Å². The number of ketones is 1. The van der Waals surface area contributed by atoms with Crippen LogP contribution in [0.1, 0.15) is 30.6 Å². The lowest BCUT2D eigenvalue weighted by molar-refractivity contribution is -0.116. The number of anilines is 1. The zero-order valence-corrected chi connectivity index (χ0v) is 15.0. The number of benzene rings is 1. The summed E-state index contributed by atoms with van der Waals surface area (Å²) in [5.74, 6) is -0.550. The third kappa shape index (κ3) is 4.60. The highest BCUT2D eigenvalue weighted by atomic mass is 16.4. The van der Waals surface area contributed by atoms with Gasteiger partial charge in [0.25, 0.3) is 5.89 Å². The summed E-state index contributed by atoms with van der Waals surface area (Å²) in [6, 6.07) is 9.71. The molecule has 140 valence electrons. The van der Waals surface area contributed by atoms with Gasteiger partial charge in [0.05, 0.1) is 6.26 Å². The van der Waals surface area contributed by atoms with Crippen molar-refractivity contribution in [3.63, 3.8) is 0 Å². The van der Waals surface area contributed by atoms with Crippen LogP contribution in [0.5, 0.6) is 0 Å². The van der Waals surface area contributed by atoms with Gasteiger partial charge in [0.1, 0.15) is 6.54 Å². The van der Waals surface area contributed by atoms with Gasteiger partial charge in [-0.2, -0.15) is 4.68 Å². The molecule has 8 heteroatoms. The van der Waals surface area contributed by atoms with Gasteiger partial charge >= 0.3 is 5.76 Å². The molecule has 1 amide bonds. The van der Waals surface area contributed by atoms with E-state index in [1.807, 2.05) is 13.8 Å². The molecule has 0 atom stereocenters. The molecular formula is C19H19N3O5. The molecule has 0 saturated heterocycles. The number of furan rings is 1. The SMILES string of the molecule is CC(C)CC(=O)Nc1ccc(C(=O)Cn2nc(-c3ccco3)oc2=O)cc1. The Kier molecular flexibility index (Phi) is 5.35. The summed E-state index contributed by atoms with van der Waals surface area (Å²) < 4.78 is 11.1. The molecule has 3 rings (SSSR count). The fourth-order valence-electron chi connectivity index (χ4n) is 2.46. The summed E-state index contributed by atoms with van der Waals surface area (Å²) in [5, 5.41) is 6.74. The van der Waals surface area contributed by atoms with E-state index in [9.17, 15) is 14.4 Å². The first-order chi connectivity index (χ1) is 12.9. The number of aromatic nitrogens is 2. The quantitative estimate of drug-likeness (QED) is 0.642. The zero-order valence-electron chi connectivity index (χ0n) is 15.0. The topological polar surface area (TPSA) is 107 Å². The molecule has 1 N–H and O–H groups in total. The summed E-state index contributed by atoms with van der Waals surface area (Å²) in [6.07, 6.45) is 1.86. The number of rotatable bonds is 7. The van der Waals surface area contributed by atoms with E-state index < -0.39 is 5.76 Å². The fourth-order valence-corrected chi connectivity index (χ4v) is 2.46. The molecule has 27 heavy (non-hydrogen) atoms. The van der Waals surface area contributed by atoms with Crippen LogP contribution in [-0.2, 0) is 11.3 Å². The van der Waals surface area contributed by atoms with Gasteiger partial charge < -0.3 is 14.2 Å². The van der Waals surface area contributed by atoms with E-state index in [2.05, 4.69) is 10.4 Å². The Morgan fingerprint density at radius 1 is 1.19 bits per heavy atom. The molecular weight excluding hydrogens is 350 g/mol. The monoisotopic (exact) mass is 369 g/mol. The van der Waals surface area contributed by atoms with Crippen molar-refractivity contribution in [2.24, 2.45) is 5.92 Å². The number of hydrogen-bond donors (Lipinski definition) is 1. The van der Waals surface area contributed by atoms with Crippen molar-refractivity contribution in [2.75, 3.05) is 5.32 Å². The largest absolute Gasteiger partial charge is 0.459 e. The van der Waals surface area contributed by atoms with E-state index in [-0.39, 0.29) is 30.0 Å². The summed E-state index contributed by atoms with van der Waals surface area (Å²) in [6.45, 7) is 3.66. The number of amides is 1. The molecule has 2 heterocycles. The maximum Gasteiger partial charge on any atom is 0.437 e. The van der Waals surface area contributed by atoms with Gasteiger partial charge in [-0.05, 0) is 42.3 Å². The van der Waals surface area contributed by atoms with Gasteiger partial charge in [-0.1, -0.05) is 13.8 Å². The molecule has 0 fully saturated rings. The van der Waals surface area contributed by atoms with Crippen LogP contribution in [0, 0.1) is 5.92 Å². The second-order valence-electron chi connectivity index (χ2n) is 6.45. The minimum absolute atomic E-state index is 0.0148. The molecule has 0 bridgehead atoms. The average molecular weight is 369 g/mol. The van der Waals surface area contributed by atoms with Crippen LogP contribution >= 0.6 is 0 Å². The lowest BCUT2D eigenvalue weighted by Crippen LogP contribution is -2.21. The van der Waals surface area contributed by atoms with Gasteiger partial charge in [-0.3, -0.25) is 9.59 Å². The van der Waals surface area contributed by atoms with Gasteiger partial charge in [-0.15, -0.1) is 5.10 Å². The van der Waals surface area contributed by atoms with E-state index in [0.717, 1.165) is 4.68 Å². The minimum Gasteiger partial charge on any atom is -0.459 e. The van der Waals surface area contributed by atoms with Gasteiger partial charge in [0, 0.05) is 17.7 Å². The standard InChI is InChI=1S/C19H19N3O5/c1-12(2)10-17(24)20-14-7-5-13(6-8-14)15(23)11-22-19(25)27-18(21-22)16-4-3-9-26-16/h3-9,12H,10-11H2,1-2H3,(H,20,24). The molecule has 1 aromatic carbocycles. The summed E-state index contributed by atoms with van der Waals surface area (Å²) >= 11 is 0. The molecule has 0 spiro atoms.